The number of hydrogen-bond acceptors (Lipinski definition) is 3. The van der Waals surface area contributed by atoms with Gasteiger partial charge in [-0.2, -0.15) is 0 Å². The molecule has 4 nitrogen and oxygen atoms in total. The molecule has 1 aromatic heterocycles. The van der Waals surface area contributed by atoms with Crippen molar-refractivity contribution in [2.45, 2.75) is 13.3 Å². The zero-order valence-corrected chi connectivity index (χ0v) is 9.29. The second kappa shape index (κ2) is 5.68. The van der Waals surface area contributed by atoms with E-state index in [9.17, 15) is 4.79 Å². The fraction of sp³-hybridized carbons (Fsp3) is 0.400. The molecule has 5 heteroatoms. The molecule has 0 aliphatic heterocycles. The van der Waals surface area contributed by atoms with Crippen molar-refractivity contribution in [3.63, 3.8) is 0 Å². The van der Waals surface area contributed by atoms with Crippen LogP contribution in [0.2, 0.25) is 5.15 Å². The normalized spacial score (nSPS) is 12.2. The summed E-state index contributed by atoms with van der Waals surface area (Å²) < 4.78 is 0. The lowest BCUT2D eigenvalue weighted by Crippen LogP contribution is -2.20. The van der Waals surface area contributed by atoms with Crippen LogP contribution >= 0.6 is 11.6 Å². The molecular weight excluding hydrogens is 214 g/mol. The molecule has 0 bridgehead atoms. The van der Waals surface area contributed by atoms with E-state index in [0.717, 1.165) is 0 Å². The summed E-state index contributed by atoms with van der Waals surface area (Å²) >= 11 is 5.79. The average Bonchev–Trinajstić information content (AvgIpc) is 2.21. The second-order valence-electron chi connectivity index (χ2n) is 3.43. The fourth-order valence-corrected chi connectivity index (χ4v) is 1.25. The van der Waals surface area contributed by atoms with Gasteiger partial charge in [0.2, 0.25) is 5.91 Å². The fourth-order valence-electron chi connectivity index (χ4n) is 1.08. The molecule has 0 aromatic carbocycles. The van der Waals surface area contributed by atoms with E-state index < -0.39 is 0 Å². The van der Waals surface area contributed by atoms with Gasteiger partial charge in [-0.15, -0.1) is 0 Å². The second-order valence-corrected chi connectivity index (χ2v) is 3.79. The Hall–Kier alpha value is -1.13. The molecule has 0 aliphatic carbocycles. The largest absolute Gasteiger partial charge is 0.330 e. The molecule has 3 N–H and O–H groups in total. The Kier molecular flexibility index (Phi) is 4.52. The molecule has 1 rings (SSSR count). The van der Waals surface area contributed by atoms with Crippen molar-refractivity contribution in [3.8, 4) is 0 Å². The van der Waals surface area contributed by atoms with Crippen LogP contribution in [0, 0.1) is 5.92 Å². The monoisotopic (exact) mass is 227 g/mol. The molecule has 0 aliphatic rings. The van der Waals surface area contributed by atoms with Gasteiger partial charge < -0.3 is 11.1 Å². The Balaban J connectivity index is 2.55. The van der Waals surface area contributed by atoms with Crippen LogP contribution in [0.25, 0.3) is 0 Å². The van der Waals surface area contributed by atoms with Crippen LogP contribution in [0.1, 0.15) is 13.3 Å². The van der Waals surface area contributed by atoms with Gasteiger partial charge in [-0.3, -0.25) is 4.79 Å². The maximum absolute atomic E-state index is 11.5. The van der Waals surface area contributed by atoms with Crippen molar-refractivity contribution in [1.29, 1.82) is 0 Å². The zero-order chi connectivity index (χ0) is 11.3. The minimum Gasteiger partial charge on any atom is -0.330 e. The van der Waals surface area contributed by atoms with E-state index in [1.807, 2.05) is 6.92 Å². The number of halogens is 1. The molecular formula is C10H14ClN3O. The zero-order valence-electron chi connectivity index (χ0n) is 8.53. The first-order valence-corrected chi connectivity index (χ1v) is 5.11. The van der Waals surface area contributed by atoms with Crippen LogP contribution in [0.3, 0.4) is 0 Å². The van der Waals surface area contributed by atoms with Gasteiger partial charge in [0, 0.05) is 12.6 Å². The van der Waals surface area contributed by atoms with E-state index in [2.05, 4.69) is 10.3 Å². The summed E-state index contributed by atoms with van der Waals surface area (Å²) in [6.45, 7) is 2.42. The van der Waals surface area contributed by atoms with Crippen LogP contribution in [-0.2, 0) is 4.79 Å². The summed E-state index contributed by atoms with van der Waals surface area (Å²) in [5, 5.41) is 2.98. The molecule has 1 heterocycles. The number of amides is 1. The van der Waals surface area contributed by atoms with Gasteiger partial charge in [0.05, 0.1) is 5.69 Å². The first-order chi connectivity index (χ1) is 7.13. The van der Waals surface area contributed by atoms with E-state index in [0.29, 0.717) is 23.8 Å². The third-order valence-electron chi connectivity index (χ3n) is 1.97. The molecule has 1 amide bonds. The van der Waals surface area contributed by atoms with Crippen molar-refractivity contribution in [1.82, 2.24) is 4.98 Å². The predicted octanol–water partition coefficient (Wildman–Crippen LogP) is 1.66. The van der Waals surface area contributed by atoms with Crippen molar-refractivity contribution in [2.75, 3.05) is 11.9 Å². The molecule has 15 heavy (non-hydrogen) atoms. The Morgan fingerprint density at radius 2 is 2.47 bits per heavy atom. The molecule has 0 fully saturated rings. The lowest BCUT2D eigenvalue weighted by Gasteiger charge is -2.09. The molecule has 0 saturated carbocycles. The summed E-state index contributed by atoms with van der Waals surface area (Å²) in [6, 6.07) is 3.42. The average molecular weight is 228 g/mol. The van der Waals surface area contributed by atoms with Gasteiger partial charge >= 0.3 is 0 Å². The van der Waals surface area contributed by atoms with Crippen LogP contribution in [-0.4, -0.2) is 17.4 Å². The predicted molar refractivity (Wildman–Crippen MR) is 60.7 cm³/mol. The number of rotatable bonds is 4. The van der Waals surface area contributed by atoms with Crippen molar-refractivity contribution in [3.05, 3.63) is 23.5 Å². The first-order valence-electron chi connectivity index (χ1n) is 4.74. The molecule has 0 saturated heterocycles. The number of nitrogens with two attached hydrogens (primary N) is 1. The highest BCUT2D eigenvalue weighted by Crippen LogP contribution is 2.17. The number of anilines is 1. The van der Waals surface area contributed by atoms with Crippen molar-refractivity contribution in [2.24, 2.45) is 11.7 Å². The summed E-state index contributed by atoms with van der Waals surface area (Å²) in [4.78, 5) is 15.3. The third kappa shape index (κ3) is 3.85. The van der Waals surface area contributed by atoms with E-state index in [-0.39, 0.29) is 11.8 Å². The van der Waals surface area contributed by atoms with Gasteiger partial charge in [-0.05, 0) is 24.6 Å². The van der Waals surface area contributed by atoms with Gasteiger partial charge in [0.1, 0.15) is 0 Å². The Bertz CT molecular complexity index is 343. The number of carbonyl (C=O) groups excluding carboxylic acids is 1. The van der Waals surface area contributed by atoms with Gasteiger partial charge in [0.15, 0.2) is 5.15 Å². The van der Waals surface area contributed by atoms with E-state index >= 15 is 0 Å². The minimum absolute atomic E-state index is 0.0946. The molecule has 0 spiro atoms. The highest BCUT2D eigenvalue weighted by Gasteiger charge is 2.09. The Morgan fingerprint density at radius 1 is 1.73 bits per heavy atom. The first kappa shape index (κ1) is 11.9. The highest BCUT2D eigenvalue weighted by molar-refractivity contribution is 6.32. The topological polar surface area (TPSA) is 68.0 Å². The van der Waals surface area contributed by atoms with Crippen LogP contribution in [0.4, 0.5) is 5.69 Å². The van der Waals surface area contributed by atoms with Crippen LogP contribution in [0.15, 0.2) is 18.3 Å². The molecule has 82 valence electrons. The third-order valence-corrected chi connectivity index (χ3v) is 2.27. The van der Waals surface area contributed by atoms with E-state index in [1.165, 1.54) is 0 Å². The van der Waals surface area contributed by atoms with Crippen molar-refractivity contribution < 1.29 is 4.79 Å². The number of nitrogens with zero attached hydrogens (tertiary/aromatic N) is 1. The summed E-state index contributed by atoms with van der Waals surface area (Å²) in [6.07, 6.45) is 1.96. The maximum atomic E-state index is 11.5. The standard InChI is InChI=1S/C10H14ClN3O/c1-7(6-12)5-9(15)14-8-3-2-4-13-10(8)11/h2-4,7H,5-6,12H2,1H3,(H,14,15). The van der Waals surface area contributed by atoms with Crippen LogP contribution in [0.5, 0.6) is 0 Å². The lowest BCUT2D eigenvalue weighted by atomic mass is 10.1. The number of aromatic nitrogens is 1. The van der Waals surface area contributed by atoms with E-state index in [4.69, 9.17) is 17.3 Å². The maximum Gasteiger partial charge on any atom is 0.224 e. The summed E-state index contributed by atoms with van der Waals surface area (Å²) in [7, 11) is 0. The molecule has 1 unspecified atom stereocenters. The van der Waals surface area contributed by atoms with Gasteiger partial charge in [-0.25, -0.2) is 4.98 Å². The number of hydrogen-bond donors (Lipinski definition) is 2. The van der Waals surface area contributed by atoms with E-state index in [1.54, 1.807) is 18.3 Å². The molecule has 0 radical (unpaired) electrons. The number of pyridine rings is 1. The Labute approximate surface area is 93.8 Å². The van der Waals surface area contributed by atoms with Gasteiger partial charge in [-0.1, -0.05) is 18.5 Å². The highest BCUT2D eigenvalue weighted by atomic mass is 35.5. The summed E-state index contributed by atoms with van der Waals surface area (Å²) in [5.74, 6) is 0.0725. The number of nitrogens with one attached hydrogen (secondary N) is 1. The molecule has 1 atom stereocenters. The van der Waals surface area contributed by atoms with Gasteiger partial charge in [0.25, 0.3) is 0 Å². The smallest absolute Gasteiger partial charge is 0.224 e. The Morgan fingerprint density at radius 3 is 3.07 bits per heavy atom. The molecule has 1 aromatic rings. The minimum atomic E-state index is -0.0946. The number of carbonyl (C=O) groups is 1. The lowest BCUT2D eigenvalue weighted by molar-refractivity contribution is -0.116. The summed E-state index contributed by atoms with van der Waals surface area (Å²) in [5.41, 5.74) is 5.96. The van der Waals surface area contributed by atoms with Crippen molar-refractivity contribution >= 4 is 23.2 Å². The quantitative estimate of drug-likeness (QED) is 0.769. The van der Waals surface area contributed by atoms with Crippen LogP contribution < -0.4 is 11.1 Å². The SMILES string of the molecule is CC(CN)CC(=O)Nc1cccnc1Cl.